The Morgan fingerprint density at radius 3 is 2.87 bits per heavy atom. The average molecular weight is 336 g/mol. The van der Waals surface area contributed by atoms with Gasteiger partial charge in [0, 0.05) is 35.4 Å². The SMILES string of the molecule is CS(=O)(=O)[C@@H]1CCC[C@H]1N[C@H](CO)Cc1c[nH]c2ccccc12. The third kappa shape index (κ3) is 3.59. The van der Waals surface area contributed by atoms with E-state index in [0.29, 0.717) is 12.8 Å². The summed E-state index contributed by atoms with van der Waals surface area (Å²) in [6, 6.07) is 7.87. The van der Waals surface area contributed by atoms with Crippen molar-refractivity contribution in [3.05, 3.63) is 36.0 Å². The fourth-order valence-electron chi connectivity index (χ4n) is 3.67. The number of hydrogen-bond donors (Lipinski definition) is 3. The predicted octanol–water partition coefficient (Wildman–Crippen LogP) is 1.63. The molecule has 126 valence electrons. The van der Waals surface area contributed by atoms with Gasteiger partial charge in [-0.25, -0.2) is 8.42 Å². The van der Waals surface area contributed by atoms with E-state index in [1.807, 2.05) is 24.4 Å². The van der Waals surface area contributed by atoms with Crippen molar-refractivity contribution in [2.75, 3.05) is 12.9 Å². The number of fused-ring (bicyclic) bond motifs is 1. The van der Waals surface area contributed by atoms with E-state index in [0.717, 1.165) is 29.3 Å². The van der Waals surface area contributed by atoms with Gasteiger partial charge in [-0.05, 0) is 30.9 Å². The fourth-order valence-corrected chi connectivity index (χ4v) is 5.08. The maximum atomic E-state index is 11.9. The van der Waals surface area contributed by atoms with Crippen molar-refractivity contribution >= 4 is 20.7 Å². The van der Waals surface area contributed by atoms with Gasteiger partial charge in [-0.2, -0.15) is 0 Å². The lowest BCUT2D eigenvalue weighted by Crippen LogP contribution is -2.47. The molecule has 3 atom stereocenters. The van der Waals surface area contributed by atoms with Crippen LogP contribution < -0.4 is 5.32 Å². The number of aliphatic hydroxyl groups excluding tert-OH is 1. The van der Waals surface area contributed by atoms with E-state index in [1.165, 1.54) is 6.26 Å². The number of aromatic nitrogens is 1. The van der Waals surface area contributed by atoms with Crippen LogP contribution in [0.1, 0.15) is 24.8 Å². The molecule has 23 heavy (non-hydrogen) atoms. The second kappa shape index (κ2) is 6.63. The van der Waals surface area contributed by atoms with Crippen LogP contribution in [0.2, 0.25) is 0 Å². The molecule has 5 nitrogen and oxygen atoms in total. The van der Waals surface area contributed by atoms with Crippen molar-refractivity contribution in [1.82, 2.24) is 10.3 Å². The summed E-state index contributed by atoms with van der Waals surface area (Å²) in [5, 5.41) is 13.9. The van der Waals surface area contributed by atoms with Crippen LogP contribution in [0.4, 0.5) is 0 Å². The van der Waals surface area contributed by atoms with E-state index in [9.17, 15) is 13.5 Å². The van der Waals surface area contributed by atoms with E-state index in [4.69, 9.17) is 0 Å². The van der Waals surface area contributed by atoms with Crippen LogP contribution in [0, 0.1) is 0 Å². The summed E-state index contributed by atoms with van der Waals surface area (Å²) >= 11 is 0. The van der Waals surface area contributed by atoms with Crippen LogP contribution in [0.25, 0.3) is 10.9 Å². The summed E-state index contributed by atoms with van der Waals surface area (Å²) in [6.07, 6.45) is 6.43. The Morgan fingerprint density at radius 2 is 2.13 bits per heavy atom. The van der Waals surface area contributed by atoms with Crippen molar-refractivity contribution in [3.8, 4) is 0 Å². The van der Waals surface area contributed by atoms with Crippen LogP contribution in [-0.4, -0.2) is 48.7 Å². The summed E-state index contributed by atoms with van der Waals surface area (Å²) in [5.74, 6) is 0. The first-order valence-corrected chi connectivity index (χ1v) is 10.1. The molecular weight excluding hydrogens is 312 g/mol. The molecule has 0 spiro atoms. The number of benzene rings is 1. The molecule has 1 fully saturated rings. The minimum atomic E-state index is -3.05. The van der Waals surface area contributed by atoms with Gasteiger partial charge in [0.2, 0.25) is 0 Å². The molecule has 1 aliphatic rings. The Morgan fingerprint density at radius 1 is 1.35 bits per heavy atom. The Kier molecular flexibility index (Phi) is 4.75. The predicted molar refractivity (Wildman–Crippen MR) is 92.3 cm³/mol. The van der Waals surface area contributed by atoms with Gasteiger partial charge in [0.25, 0.3) is 0 Å². The van der Waals surface area contributed by atoms with Crippen LogP contribution in [0.15, 0.2) is 30.5 Å². The van der Waals surface area contributed by atoms with Crippen LogP contribution in [-0.2, 0) is 16.3 Å². The molecule has 1 aromatic carbocycles. The van der Waals surface area contributed by atoms with E-state index in [1.54, 1.807) is 0 Å². The van der Waals surface area contributed by atoms with Crippen molar-refractivity contribution in [3.63, 3.8) is 0 Å². The highest BCUT2D eigenvalue weighted by Gasteiger charge is 2.35. The molecule has 0 radical (unpaired) electrons. The highest BCUT2D eigenvalue weighted by molar-refractivity contribution is 7.91. The lowest BCUT2D eigenvalue weighted by molar-refractivity contribution is 0.230. The lowest BCUT2D eigenvalue weighted by atomic mass is 10.0. The first kappa shape index (κ1) is 16.5. The van der Waals surface area contributed by atoms with Crippen LogP contribution in [0.3, 0.4) is 0 Å². The van der Waals surface area contributed by atoms with E-state index < -0.39 is 9.84 Å². The van der Waals surface area contributed by atoms with Gasteiger partial charge >= 0.3 is 0 Å². The summed E-state index contributed by atoms with van der Waals surface area (Å²) < 4.78 is 23.8. The molecular formula is C17H24N2O3S. The molecule has 1 saturated carbocycles. The van der Waals surface area contributed by atoms with Crippen molar-refractivity contribution in [2.45, 2.75) is 43.0 Å². The van der Waals surface area contributed by atoms with Gasteiger partial charge in [-0.15, -0.1) is 0 Å². The number of hydrogen-bond acceptors (Lipinski definition) is 4. The molecule has 1 aromatic heterocycles. The molecule has 1 heterocycles. The highest BCUT2D eigenvalue weighted by Crippen LogP contribution is 2.26. The summed E-state index contributed by atoms with van der Waals surface area (Å²) in [6.45, 7) is -0.00745. The second-order valence-corrected chi connectivity index (χ2v) is 8.78. The quantitative estimate of drug-likeness (QED) is 0.749. The summed E-state index contributed by atoms with van der Waals surface area (Å²) in [7, 11) is -3.05. The fraction of sp³-hybridized carbons (Fsp3) is 0.529. The van der Waals surface area contributed by atoms with E-state index >= 15 is 0 Å². The minimum Gasteiger partial charge on any atom is -0.395 e. The Balaban J connectivity index is 1.73. The Labute approximate surface area is 137 Å². The molecule has 3 N–H and O–H groups in total. The van der Waals surface area contributed by atoms with Gasteiger partial charge in [-0.3, -0.25) is 0 Å². The zero-order chi connectivity index (χ0) is 16.4. The number of rotatable bonds is 6. The standard InChI is InChI=1S/C17H24N2O3S/c1-23(21,22)17-8-4-7-16(17)19-13(11-20)9-12-10-18-15-6-3-2-5-14(12)15/h2-3,5-6,10,13,16-20H,4,7-9,11H2,1H3/t13-,16+,17+/m0/s1. The molecule has 1 aliphatic carbocycles. The second-order valence-electron chi connectivity index (χ2n) is 6.52. The molecule has 0 unspecified atom stereocenters. The normalized spacial score (nSPS) is 23.4. The topological polar surface area (TPSA) is 82.2 Å². The third-order valence-electron chi connectivity index (χ3n) is 4.81. The number of para-hydroxylation sites is 1. The van der Waals surface area contributed by atoms with Gasteiger partial charge in [0.05, 0.1) is 11.9 Å². The van der Waals surface area contributed by atoms with Crippen LogP contribution in [0.5, 0.6) is 0 Å². The largest absolute Gasteiger partial charge is 0.395 e. The number of H-pyrrole nitrogens is 1. The van der Waals surface area contributed by atoms with Crippen molar-refractivity contribution < 1.29 is 13.5 Å². The van der Waals surface area contributed by atoms with Gasteiger partial charge in [-0.1, -0.05) is 24.6 Å². The zero-order valence-electron chi connectivity index (χ0n) is 13.3. The molecule has 0 aliphatic heterocycles. The molecule has 3 rings (SSSR count). The number of aromatic amines is 1. The maximum Gasteiger partial charge on any atom is 0.151 e. The smallest absolute Gasteiger partial charge is 0.151 e. The zero-order valence-corrected chi connectivity index (χ0v) is 14.1. The lowest BCUT2D eigenvalue weighted by Gasteiger charge is -2.25. The first-order chi connectivity index (χ1) is 11.0. The first-order valence-electron chi connectivity index (χ1n) is 8.10. The number of sulfone groups is 1. The Hall–Kier alpha value is -1.37. The summed E-state index contributed by atoms with van der Waals surface area (Å²) in [4.78, 5) is 3.24. The van der Waals surface area contributed by atoms with Gasteiger partial charge in [0.15, 0.2) is 9.84 Å². The maximum absolute atomic E-state index is 11.9. The van der Waals surface area contributed by atoms with Crippen molar-refractivity contribution in [2.24, 2.45) is 0 Å². The van der Waals surface area contributed by atoms with E-state index in [-0.39, 0.29) is 23.9 Å². The minimum absolute atomic E-state index is 0.00745. The van der Waals surface area contributed by atoms with Gasteiger partial charge in [0.1, 0.15) is 0 Å². The molecule has 0 saturated heterocycles. The summed E-state index contributed by atoms with van der Waals surface area (Å²) in [5.41, 5.74) is 2.22. The molecule has 6 heteroatoms. The van der Waals surface area contributed by atoms with Gasteiger partial charge < -0.3 is 15.4 Å². The molecule has 0 bridgehead atoms. The Bertz CT molecular complexity index is 769. The molecule has 0 amide bonds. The third-order valence-corrected chi connectivity index (χ3v) is 6.48. The highest BCUT2D eigenvalue weighted by atomic mass is 32.2. The van der Waals surface area contributed by atoms with Crippen molar-refractivity contribution in [1.29, 1.82) is 0 Å². The number of aliphatic hydroxyl groups is 1. The van der Waals surface area contributed by atoms with E-state index in [2.05, 4.69) is 16.4 Å². The average Bonchev–Trinajstić information content (AvgIpc) is 3.13. The van der Waals surface area contributed by atoms with Crippen LogP contribution >= 0.6 is 0 Å². The molecule has 2 aromatic rings. The monoisotopic (exact) mass is 336 g/mol. The number of nitrogens with one attached hydrogen (secondary N) is 2.